The van der Waals surface area contributed by atoms with Crippen molar-refractivity contribution in [3.63, 3.8) is 0 Å². The van der Waals surface area contributed by atoms with Crippen molar-refractivity contribution in [2.24, 2.45) is 11.8 Å². The molecule has 0 radical (unpaired) electrons. The Morgan fingerprint density at radius 1 is 0.712 bits per heavy atom. The molecule has 10 heteroatoms. The van der Waals surface area contributed by atoms with Crippen LogP contribution in [-0.4, -0.2) is 53.6 Å². The van der Waals surface area contributed by atoms with Gasteiger partial charge in [-0.15, -0.1) is 78.9 Å². The van der Waals surface area contributed by atoms with Gasteiger partial charge in [0.05, 0.1) is 13.2 Å². The van der Waals surface area contributed by atoms with E-state index in [2.05, 4.69) is 88.9 Å². The molecule has 2 aliphatic carbocycles. The smallest absolute Gasteiger partial charge is 0.332 e. The van der Waals surface area contributed by atoms with Crippen LogP contribution >= 0.6 is 0 Å². The fraction of sp³-hybridized carbons (Fsp3) is 0.381. The first-order valence-electron chi connectivity index (χ1n) is 17.4. The van der Waals surface area contributed by atoms with Crippen molar-refractivity contribution in [1.29, 1.82) is 0 Å². The molecular weight excluding hydrogens is 656 g/mol. The van der Waals surface area contributed by atoms with Crippen molar-refractivity contribution in [2.75, 3.05) is 13.2 Å². The molecule has 0 unspecified atom stereocenters. The number of carboxylic acids is 1. The molecule has 2 aromatic heterocycles. The number of rotatable bonds is 8. The van der Waals surface area contributed by atoms with Crippen LogP contribution < -0.4 is 11.2 Å². The number of benzene rings is 1. The quantitative estimate of drug-likeness (QED) is 0.134. The molecule has 2 saturated carbocycles. The number of carboxylic acid groups (broad SMARTS) is 1. The molecule has 0 saturated heterocycles. The Labute approximate surface area is 311 Å². The van der Waals surface area contributed by atoms with E-state index in [0.29, 0.717) is 41.9 Å². The number of H-pyrrole nitrogens is 1. The predicted molar refractivity (Wildman–Crippen MR) is 222 cm³/mol. The number of hydrogen-bond donors (Lipinski definition) is 4. The first-order valence-corrected chi connectivity index (χ1v) is 17.4. The Hall–Kier alpha value is -5.06. The van der Waals surface area contributed by atoms with Gasteiger partial charge in [-0.3, -0.25) is 13.9 Å². The number of fused-ring (bicyclic) bond motifs is 1. The number of aliphatic hydroxyl groups is 2. The number of hydrogen-bond acceptors (Lipinski definition) is 6. The van der Waals surface area contributed by atoms with Crippen molar-refractivity contribution in [2.45, 2.75) is 77.3 Å². The van der Waals surface area contributed by atoms with E-state index in [9.17, 15) is 14.4 Å². The zero-order valence-corrected chi connectivity index (χ0v) is 31.4. The molecule has 5 rings (SSSR count). The number of carbonyl (C=O) groups is 1. The second-order valence-electron chi connectivity index (χ2n) is 10.8. The lowest BCUT2D eigenvalue weighted by Crippen LogP contribution is -2.42. The minimum Gasteiger partial charge on any atom is -0.478 e. The largest absolute Gasteiger partial charge is 0.478 e. The Balaban J connectivity index is -0.00000131. The van der Waals surface area contributed by atoms with Gasteiger partial charge in [-0.2, -0.15) is 0 Å². The molecule has 3 aromatic rings. The molecule has 2 heterocycles. The molecule has 0 aliphatic heterocycles. The van der Waals surface area contributed by atoms with Gasteiger partial charge in [0, 0.05) is 24.7 Å². The molecule has 10 nitrogen and oxygen atoms in total. The summed E-state index contributed by atoms with van der Waals surface area (Å²) < 4.78 is 3.20. The Morgan fingerprint density at radius 2 is 1.13 bits per heavy atom. The monoisotopic (exact) mass is 720 g/mol. The topological polar surface area (TPSA) is 150 Å². The number of imidazole rings is 1. The summed E-state index contributed by atoms with van der Waals surface area (Å²) in [6.45, 7) is 36.8. The summed E-state index contributed by atoms with van der Waals surface area (Å²) in [5.74, 6) is 0.307. The molecule has 0 bridgehead atoms. The second-order valence-corrected chi connectivity index (χ2v) is 10.8. The average Bonchev–Trinajstić information content (AvgIpc) is 3.69. The lowest BCUT2D eigenvalue weighted by atomic mass is 9.89. The lowest BCUT2D eigenvalue weighted by molar-refractivity contribution is -0.131. The standard InChI is InChI=1S/C28H34N4O4.C2H6O2.6C2H4/c33-23(34)16-13-19-11-14-22(15-12-19)25-29-24-26(30-25)31(17-20-7-3-1-4-8-20)28(36)32(27(24)35)18-21-9-5-2-6-10-21;3-1-2-4;6*1-2/h11-16,20-21H,1-10,17-18H2,(H,29,30)(H,33,34);3-4H,1-2H2;6*1-2H2/b16-13+;;;;;;;. The molecule has 0 atom stereocenters. The maximum absolute atomic E-state index is 13.7. The molecular formula is C42H64N4O6. The van der Waals surface area contributed by atoms with E-state index in [0.717, 1.165) is 55.7 Å². The minimum atomic E-state index is -1.00. The highest BCUT2D eigenvalue weighted by molar-refractivity contribution is 5.85. The Bertz CT molecular complexity index is 1490. The maximum atomic E-state index is 13.7. The van der Waals surface area contributed by atoms with E-state index in [1.807, 2.05) is 12.1 Å². The van der Waals surface area contributed by atoms with Crippen molar-refractivity contribution in [1.82, 2.24) is 19.1 Å². The van der Waals surface area contributed by atoms with Crippen LogP contribution in [0, 0.1) is 11.8 Å². The zero-order valence-electron chi connectivity index (χ0n) is 31.4. The van der Waals surface area contributed by atoms with Crippen LogP contribution in [-0.2, 0) is 17.9 Å². The Morgan fingerprint density at radius 3 is 1.54 bits per heavy atom. The number of aliphatic hydroxyl groups excluding tert-OH is 2. The summed E-state index contributed by atoms with van der Waals surface area (Å²) in [6.07, 6.45) is 14.1. The molecule has 0 amide bonds. The second kappa shape index (κ2) is 33.1. The third-order valence-electron chi connectivity index (χ3n) is 7.90. The van der Waals surface area contributed by atoms with Crippen LogP contribution in [0.4, 0.5) is 0 Å². The van der Waals surface area contributed by atoms with E-state index in [1.165, 1.54) is 36.3 Å². The SMILES string of the molecule is C=C.C=C.C=C.C=C.C=C.C=C.O=C(O)/C=C/c1ccc(-c2nc3c(=O)n(CC4CCCCC4)c(=O)n(CC4CCCCC4)c3[nH]2)cc1.OCCO. The first-order chi connectivity index (χ1) is 25.4. The van der Waals surface area contributed by atoms with Gasteiger partial charge in [-0.25, -0.2) is 14.6 Å². The summed E-state index contributed by atoms with van der Waals surface area (Å²) in [7, 11) is 0. The van der Waals surface area contributed by atoms with Crippen LogP contribution in [0.1, 0.15) is 69.8 Å². The van der Waals surface area contributed by atoms with Gasteiger partial charge in [-0.1, -0.05) is 62.8 Å². The van der Waals surface area contributed by atoms with Crippen molar-refractivity contribution in [3.8, 4) is 11.4 Å². The number of aliphatic carboxylic acids is 1. The summed E-state index contributed by atoms with van der Waals surface area (Å²) in [6, 6.07) is 7.28. The molecule has 288 valence electrons. The predicted octanol–water partition coefficient (Wildman–Crippen LogP) is 8.60. The van der Waals surface area contributed by atoms with Crippen LogP contribution in [0.2, 0.25) is 0 Å². The summed E-state index contributed by atoms with van der Waals surface area (Å²) in [5.41, 5.74) is 1.79. The highest BCUT2D eigenvalue weighted by Crippen LogP contribution is 2.27. The summed E-state index contributed by atoms with van der Waals surface area (Å²) in [4.78, 5) is 45.9. The normalized spacial score (nSPS) is 13.3. The number of nitrogens with zero attached hydrogens (tertiary/aromatic N) is 3. The van der Waals surface area contributed by atoms with Crippen molar-refractivity contribution < 1.29 is 20.1 Å². The van der Waals surface area contributed by atoms with Gasteiger partial charge in [0.1, 0.15) is 11.5 Å². The fourth-order valence-corrected chi connectivity index (χ4v) is 5.81. The van der Waals surface area contributed by atoms with Gasteiger partial charge in [0.15, 0.2) is 5.52 Å². The van der Waals surface area contributed by atoms with Crippen molar-refractivity contribution >= 4 is 23.2 Å². The van der Waals surface area contributed by atoms with Gasteiger partial charge >= 0.3 is 11.7 Å². The summed E-state index contributed by atoms with van der Waals surface area (Å²) in [5, 5.41) is 24.1. The minimum absolute atomic E-state index is 0.125. The van der Waals surface area contributed by atoms with Gasteiger partial charge < -0.3 is 20.3 Å². The van der Waals surface area contributed by atoms with E-state index in [4.69, 9.17) is 15.3 Å². The third-order valence-corrected chi connectivity index (χ3v) is 7.90. The van der Waals surface area contributed by atoms with Crippen LogP contribution in [0.5, 0.6) is 0 Å². The van der Waals surface area contributed by atoms with Crippen LogP contribution in [0.3, 0.4) is 0 Å². The molecule has 2 fully saturated rings. The third kappa shape index (κ3) is 17.2. The molecule has 0 spiro atoms. The number of aromatic nitrogens is 4. The highest BCUT2D eigenvalue weighted by Gasteiger charge is 2.24. The van der Waals surface area contributed by atoms with Crippen molar-refractivity contribution in [3.05, 3.63) is 136 Å². The fourth-order valence-electron chi connectivity index (χ4n) is 5.81. The maximum Gasteiger partial charge on any atom is 0.332 e. The molecule has 52 heavy (non-hydrogen) atoms. The number of nitrogens with one attached hydrogen (secondary N) is 1. The molecule has 1 aromatic carbocycles. The van der Waals surface area contributed by atoms with Gasteiger partial charge in [-0.05, 0) is 49.2 Å². The van der Waals surface area contributed by atoms with Gasteiger partial charge in [0.2, 0.25) is 0 Å². The molecule has 2 aliphatic rings. The van der Waals surface area contributed by atoms with E-state index < -0.39 is 5.97 Å². The first kappa shape index (κ1) is 51.3. The van der Waals surface area contributed by atoms with E-state index in [-0.39, 0.29) is 24.5 Å². The lowest BCUT2D eigenvalue weighted by Gasteiger charge is -2.24. The Kier molecular flexibility index (Phi) is 32.7. The van der Waals surface area contributed by atoms with Crippen LogP contribution in [0.25, 0.3) is 28.6 Å². The average molecular weight is 721 g/mol. The van der Waals surface area contributed by atoms with Gasteiger partial charge in [0.25, 0.3) is 5.56 Å². The zero-order chi connectivity index (χ0) is 40.5. The summed E-state index contributed by atoms with van der Waals surface area (Å²) >= 11 is 0. The number of aromatic amines is 1. The molecule has 4 N–H and O–H groups in total. The highest BCUT2D eigenvalue weighted by atomic mass is 16.4. The van der Waals surface area contributed by atoms with Crippen LogP contribution in [0.15, 0.2) is 119 Å². The van der Waals surface area contributed by atoms with E-state index >= 15 is 0 Å². The van der Waals surface area contributed by atoms with E-state index in [1.54, 1.807) is 16.7 Å².